The van der Waals surface area contributed by atoms with Gasteiger partial charge in [-0.2, -0.15) is 0 Å². The number of aryl methyl sites for hydroxylation is 1. The van der Waals surface area contributed by atoms with Crippen LogP contribution in [-0.4, -0.2) is 23.8 Å². The van der Waals surface area contributed by atoms with Crippen LogP contribution in [-0.2, 0) is 0 Å². The van der Waals surface area contributed by atoms with Crippen LogP contribution in [0.15, 0.2) is 23.1 Å². The Labute approximate surface area is 94.7 Å². The standard InChI is InChI=1S/C12H16O2S/c1-9(6-13)8-15-12-4-3-11(7-14)10(2)5-12/h3-5,7,9,13H,6,8H2,1-2H3. The van der Waals surface area contributed by atoms with Crippen LogP contribution in [0.3, 0.4) is 0 Å². The average molecular weight is 224 g/mol. The van der Waals surface area contributed by atoms with Crippen LogP contribution in [0.4, 0.5) is 0 Å². The fraction of sp³-hybridized carbons (Fsp3) is 0.417. The molecule has 0 radical (unpaired) electrons. The van der Waals surface area contributed by atoms with Crippen molar-refractivity contribution in [2.75, 3.05) is 12.4 Å². The molecule has 1 N–H and O–H groups in total. The third kappa shape index (κ3) is 3.68. The van der Waals surface area contributed by atoms with E-state index in [4.69, 9.17) is 5.11 Å². The SMILES string of the molecule is Cc1cc(SCC(C)CO)ccc1C=O. The number of aliphatic hydroxyl groups excluding tert-OH is 1. The van der Waals surface area contributed by atoms with Crippen molar-refractivity contribution < 1.29 is 9.90 Å². The molecule has 0 aliphatic rings. The number of hydrogen-bond donors (Lipinski definition) is 1. The molecule has 0 heterocycles. The molecule has 0 amide bonds. The Morgan fingerprint density at radius 1 is 1.53 bits per heavy atom. The number of thioether (sulfide) groups is 1. The normalized spacial score (nSPS) is 12.5. The molecule has 1 atom stereocenters. The second-order valence-electron chi connectivity index (χ2n) is 3.73. The maximum Gasteiger partial charge on any atom is 0.150 e. The molecule has 1 rings (SSSR count). The van der Waals surface area contributed by atoms with Gasteiger partial charge in [0.05, 0.1) is 0 Å². The first kappa shape index (κ1) is 12.3. The summed E-state index contributed by atoms with van der Waals surface area (Å²) in [4.78, 5) is 11.8. The maximum absolute atomic E-state index is 10.6. The van der Waals surface area contributed by atoms with Gasteiger partial charge in [-0.25, -0.2) is 0 Å². The van der Waals surface area contributed by atoms with Crippen LogP contribution in [0.5, 0.6) is 0 Å². The second-order valence-corrected chi connectivity index (χ2v) is 4.83. The van der Waals surface area contributed by atoms with E-state index in [1.54, 1.807) is 11.8 Å². The summed E-state index contributed by atoms with van der Waals surface area (Å²) in [5, 5.41) is 8.89. The minimum absolute atomic E-state index is 0.221. The highest BCUT2D eigenvalue weighted by molar-refractivity contribution is 7.99. The molecule has 15 heavy (non-hydrogen) atoms. The van der Waals surface area contributed by atoms with Crippen molar-refractivity contribution in [3.63, 3.8) is 0 Å². The smallest absolute Gasteiger partial charge is 0.150 e. The molecule has 1 aromatic carbocycles. The van der Waals surface area contributed by atoms with Crippen molar-refractivity contribution in [2.45, 2.75) is 18.7 Å². The zero-order valence-corrected chi connectivity index (χ0v) is 9.88. The maximum atomic E-state index is 10.6. The minimum Gasteiger partial charge on any atom is -0.396 e. The third-order valence-corrected chi connectivity index (χ3v) is 3.54. The number of aliphatic hydroxyl groups is 1. The van der Waals surface area contributed by atoms with E-state index in [0.29, 0.717) is 5.92 Å². The Balaban J connectivity index is 2.63. The molecular weight excluding hydrogens is 208 g/mol. The van der Waals surface area contributed by atoms with Crippen LogP contribution in [0.1, 0.15) is 22.8 Å². The highest BCUT2D eigenvalue weighted by Crippen LogP contribution is 2.22. The molecule has 3 heteroatoms. The molecular formula is C12H16O2S. The lowest BCUT2D eigenvalue weighted by Gasteiger charge is -2.08. The number of rotatable bonds is 5. The predicted octanol–water partition coefficient (Wildman–Crippen LogP) is 2.53. The Bertz CT molecular complexity index is 336. The summed E-state index contributed by atoms with van der Waals surface area (Å²) >= 11 is 1.71. The first-order valence-electron chi connectivity index (χ1n) is 4.97. The Hall–Kier alpha value is -0.800. The van der Waals surface area contributed by atoms with E-state index in [-0.39, 0.29) is 6.61 Å². The van der Waals surface area contributed by atoms with E-state index in [1.165, 1.54) is 0 Å². The van der Waals surface area contributed by atoms with Crippen molar-refractivity contribution in [3.05, 3.63) is 29.3 Å². The fourth-order valence-corrected chi connectivity index (χ4v) is 2.17. The molecule has 1 unspecified atom stereocenters. The highest BCUT2D eigenvalue weighted by Gasteiger charge is 2.03. The summed E-state index contributed by atoms with van der Waals surface area (Å²) in [6.07, 6.45) is 0.875. The van der Waals surface area contributed by atoms with Gasteiger partial charge in [-0.05, 0) is 30.5 Å². The first-order valence-corrected chi connectivity index (χ1v) is 5.95. The molecule has 0 aromatic heterocycles. The van der Waals surface area contributed by atoms with E-state index in [1.807, 2.05) is 32.0 Å². The van der Waals surface area contributed by atoms with Gasteiger partial charge in [0.1, 0.15) is 6.29 Å². The lowest BCUT2D eigenvalue weighted by Crippen LogP contribution is -2.03. The number of carbonyl (C=O) groups excluding carboxylic acids is 1. The van der Waals surface area contributed by atoms with Gasteiger partial charge in [-0.3, -0.25) is 4.79 Å². The zero-order valence-electron chi connectivity index (χ0n) is 9.06. The zero-order chi connectivity index (χ0) is 11.3. The van der Waals surface area contributed by atoms with E-state index in [0.717, 1.165) is 28.1 Å². The topological polar surface area (TPSA) is 37.3 Å². The van der Waals surface area contributed by atoms with E-state index in [2.05, 4.69) is 0 Å². The van der Waals surface area contributed by atoms with Gasteiger partial charge in [0.2, 0.25) is 0 Å². The molecule has 0 saturated carbocycles. The lowest BCUT2D eigenvalue weighted by atomic mass is 10.1. The summed E-state index contributed by atoms with van der Waals surface area (Å²) < 4.78 is 0. The molecule has 0 aliphatic carbocycles. The van der Waals surface area contributed by atoms with E-state index < -0.39 is 0 Å². The van der Waals surface area contributed by atoms with Gasteiger partial charge in [0.15, 0.2) is 0 Å². The summed E-state index contributed by atoms with van der Waals surface area (Å²) in [7, 11) is 0. The molecule has 0 spiro atoms. The summed E-state index contributed by atoms with van der Waals surface area (Å²) in [6, 6.07) is 5.80. The fourth-order valence-electron chi connectivity index (χ4n) is 1.16. The summed E-state index contributed by atoms with van der Waals surface area (Å²) in [6.45, 7) is 4.17. The van der Waals surface area contributed by atoms with Gasteiger partial charge in [0, 0.05) is 22.8 Å². The van der Waals surface area contributed by atoms with Gasteiger partial charge in [0.25, 0.3) is 0 Å². The molecule has 2 nitrogen and oxygen atoms in total. The quantitative estimate of drug-likeness (QED) is 0.617. The Kier molecular flexibility index (Phi) is 4.85. The Morgan fingerprint density at radius 2 is 2.27 bits per heavy atom. The molecule has 0 aliphatic heterocycles. The van der Waals surface area contributed by atoms with Gasteiger partial charge >= 0.3 is 0 Å². The summed E-state index contributed by atoms with van der Waals surface area (Å²) in [5.74, 6) is 1.21. The van der Waals surface area contributed by atoms with Crippen LogP contribution >= 0.6 is 11.8 Å². The molecule has 0 fully saturated rings. The number of carbonyl (C=O) groups is 1. The second kappa shape index (κ2) is 5.93. The van der Waals surface area contributed by atoms with Crippen LogP contribution < -0.4 is 0 Å². The van der Waals surface area contributed by atoms with Gasteiger partial charge in [-0.15, -0.1) is 11.8 Å². The molecule has 0 saturated heterocycles. The number of hydrogen-bond acceptors (Lipinski definition) is 3. The summed E-state index contributed by atoms with van der Waals surface area (Å²) in [5.41, 5.74) is 1.75. The van der Waals surface area contributed by atoms with Crippen molar-refractivity contribution in [3.8, 4) is 0 Å². The van der Waals surface area contributed by atoms with Crippen molar-refractivity contribution >= 4 is 18.0 Å². The monoisotopic (exact) mass is 224 g/mol. The van der Waals surface area contributed by atoms with Crippen LogP contribution in [0.25, 0.3) is 0 Å². The number of benzene rings is 1. The first-order chi connectivity index (χ1) is 7.17. The van der Waals surface area contributed by atoms with Crippen LogP contribution in [0.2, 0.25) is 0 Å². The van der Waals surface area contributed by atoms with E-state index >= 15 is 0 Å². The lowest BCUT2D eigenvalue weighted by molar-refractivity contribution is 0.112. The third-order valence-electron chi connectivity index (χ3n) is 2.21. The molecule has 82 valence electrons. The number of aldehydes is 1. The van der Waals surface area contributed by atoms with Gasteiger partial charge in [-0.1, -0.05) is 13.0 Å². The van der Waals surface area contributed by atoms with E-state index in [9.17, 15) is 4.79 Å². The van der Waals surface area contributed by atoms with Crippen LogP contribution in [0, 0.1) is 12.8 Å². The molecule has 0 bridgehead atoms. The molecule has 1 aromatic rings. The van der Waals surface area contributed by atoms with Gasteiger partial charge < -0.3 is 5.11 Å². The highest BCUT2D eigenvalue weighted by atomic mass is 32.2. The Morgan fingerprint density at radius 3 is 2.80 bits per heavy atom. The predicted molar refractivity (Wildman–Crippen MR) is 63.5 cm³/mol. The van der Waals surface area contributed by atoms with Crippen molar-refractivity contribution in [1.29, 1.82) is 0 Å². The average Bonchev–Trinajstić information content (AvgIpc) is 2.26. The van der Waals surface area contributed by atoms with Crippen molar-refractivity contribution in [2.24, 2.45) is 5.92 Å². The minimum atomic E-state index is 0.221. The van der Waals surface area contributed by atoms with Crippen molar-refractivity contribution in [1.82, 2.24) is 0 Å². The largest absolute Gasteiger partial charge is 0.396 e.